The molecular weight excluding hydrogens is 272 g/mol. The van der Waals surface area contributed by atoms with E-state index in [0.717, 1.165) is 32.3 Å². The predicted octanol–water partition coefficient (Wildman–Crippen LogP) is 5.95. The Morgan fingerprint density at radius 3 is 2.27 bits per heavy atom. The van der Waals surface area contributed by atoms with Gasteiger partial charge in [-0.2, -0.15) is 0 Å². The largest absolute Gasteiger partial charge is 0.353 e. The first kappa shape index (κ1) is 19.2. The lowest BCUT2D eigenvalue weighted by molar-refractivity contribution is -0.155. The summed E-state index contributed by atoms with van der Waals surface area (Å²) in [6.07, 6.45) is 14.9. The molecule has 0 N–H and O–H groups in total. The van der Waals surface area contributed by atoms with Gasteiger partial charge in [-0.25, -0.2) is 0 Å². The molecule has 0 aromatic heterocycles. The van der Waals surface area contributed by atoms with E-state index in [1.165, 1.54) is 36.0 Å². The minimum absolute atomic E-state index is 0.0232. The third-order valence-electron chi connectivity index (χ3n) is 3.97. The van der Waals surface area contributed by atoms with E-state index in [1.807, 2.05) is 0 Å². The van der Waals surface area contributed by atoms with Crippen LogP contribution >= 0.6 is 0 Å². The molecule has 1 aliphatic rings. The van der Waals surface area contributed by atoms with E-state index in [1.54, 1.807) is 0 Å². The van der Waals surface area contributed by atoms with Crippen molar-refractivity contribution in [2.75, 3.05) is 13.2 Å². The standard InChI is InChI=1S/C20H34O2/c1-17(2)9-7-10-18(3)11-8-12-19(4)14-16-22-20-13-5-6-15-21-20/h9,11,14,20H,5-8,10,12-13,15-16H2,1-4H3/b18-11-,19-14+. The van der Waals surface area contributed by atoms with E-state index in [4.69, 9.17) is 9.47 Å². The number of hydrogen-bond donors (Lipinski definition) is 0. The quantitative estimate of drug-likeness (QED) is 0.490. The van der Waals surface area contributed by atoms with Crippen LogP contribution in [-0.4, -0.2) is 19.5 Å². The molecule has 2 heteroatoms. The van der Waals surface area contributed by atoms with Crippen LogP contribution in [0.15, 0.2) is 34.9 Å². The Bertz CT molecular complexity index is 381. The molecule has 2 nitrogen and oxygen atoms in total. The SMILES string of the molecule is CC(C)=CCC/C(C)=C\CC/C(C)=C/COC1CCCCO1. The highest BCUT2D eigenvalue weighted by Gasteiger charge is 2.12. The Morgan fingerprint density at radius 1 is 0.955 bits per heavy atom. The van der Waals surface area contributed by atoms with Crippen molar-refractivity contribution in [1.29, 1.82) is 0 Å². The van der Waals surface area contributed by atoms with Crippen molar-refractivity contribution in [2.24, 2.45) is 0 Å². The summed E-state index contributed by atoms with van der Waals surface area (Å²) in [6, 6.07) is 0. The van der Waals surface area contributed by atoms with E-state index in [2.05, 4.69) is 45.9 Å². The van der Waals surface area contributed by atoms with Gasteiger partial charge in [0.2, 0.25) is 0 Å². The van der Waals surface area contributed by atoms with Crippen LogP contribution < -0.4 is 0 Å². The Balaban J connectivity index is 2.14. The van der Waals surface area contributed by atoms with Gasteiger partial charge in [-0.15, -0.1) is 0 Å². The van der Waals surface area contributed by atoms with Gasteiger partial charge < -0.3 is 9.47 Å². The highest BCUT2D eigenvalue weighted by atomic mass is 16.7. The van der Waals surface area contributed by atoms with E-state index >= 15 is 0 Å². The molecule has 0 aromatic carbocycles. The number of ether oxygens (including phenoxy) is 2. The number of allylic oxidation sites excluding steroid dienone is 5. The zero-order valence-corrected chi connectivity index (χ0v) is 15.0. The highest BCUT2D eigenvalue weighted by molar-refractivity contribution is 5.05. The Morgan fingerprint density at radius 2 is 1.64 bits per heavy atom. The summed E-state index contributed by atoms with van der Waals surface area (Å²) in [5.41, 5.74) is 4.31. The lowest BCUT2D eigenvalue weighted by atomic mass is 10.1. The van der Waals surface area contributed by atoms with Gasteiger partial charge in [0, 0.05) is 6.61 Å². The van der Waals surface area contributed by atoms with Crippen LogP contribution in [0.5, 0.6) is 0 Å². The molecular formula is C20H34O2. The van der Waals surface area contributed by atoms with E-state index in [-0.39, 0.29) is 6.29 Å². The van der Waals surface area contributed by atoms with Gasteiger partial charge >= 0.3 is 0 Å². The van der Waals surface area contributed by atoms with Crippen LogP contribution in [0, 0.1) is 0 Å². The summed E-state index contributed by atoms with van der Waals surface area (Å²) in [6.45, 7) is 10.3. The fraction of sp³-hybridized carbons (Fsp3) is 0.700. The van der Waals surface area contributed by atoms with Gasteiger partial charge in [0.1, 0.15) is 0 Å². The van der Waals surface area contributed by atoms with E-state index in [9.17, 15) is 0 Å². The number of hydrogen-bond acceptors (Lipinski definition) is 2. The Hall–Kier alpha value is -0.860. The molecule has 1 atom stereocenters. The molecule has 0 radical (unpaired) electrons. The summed E-state index contributed by atoms with van der Waals surface area (Å²) >= 11 is 0. The van der Waals surface area contributed by atoms with Crippen molar-refractivity contribution in [2.45, 2.75) is 78.9 Å². The van der Waals surface area contributed by atoms with E-state index < -0.39 is 0 Å². The zero-order valence-electron chi connectivity index (χ0n) is 15.0. The third-order valence-corrected chi connectivity index (χ3v) is 3.97. The molecule has 1 aliphatic heterocycles. The summed E-state index contributed by atoms with van der Waals surface area (Å²) in [5, 5.41) is 0. The lowest BCUT2D eigenvalue weighted by Crippen LogP contribution is -2.22. The first-order valence-corrected chi connectivity index (χ1v) is 8.75. The minimum Gasteiger partial charge on any atom is -0.353 e. The molecule has 0 aliphatic carbocycles. The second-order valence-corrected chi connectivity index (χ2v) is 6.59. The minimum atomic E-state index is 0.0232. The van der Waals surface area contributed by atoms with Gasteiger partial charge in [-0.1, -0.05) is 34.9 Å². The van der Waals surface area contributed by atoms with Crippen LogP contribution in [0.25, 0.3) is 0 Å². The van der Waals surface area contributed by atoms with Gasteiger partial charge in [0.05, 0.1) is 6.61 Å². The summed E-state index contributed by atoms with van der Waals surface area (Å²) in [5.74, 6) is 0. The Labute approximate surface area is 137 Å². The fourth-order valence-corrected chi connectivity index (χ4v) is 2.48. The van der Waals surface area contributed by atoms with Crippen molar-refractivity contribution >= 4 is 0 Å². The van der Waals surface area contributed by atoms with Crippen molar-refractivity contribution in [3.8, 4) is 0 Å². The lowest BCUT2D eigenvalue weighted by Gasteiger charge is -2.22. The van der Waals surface area contributed by atoms with Crippen LogP contribution in [0.3, 0.4) is 0 Å². The summed E-state index contributed by atoms with van der Waals surface area (Å²) < 4.78 is 11.3. The topological polar surface area (TPSA) is 18.5 Å². The predicted molar refractivity (Wildman–Crippen MR) is 95.0 cm³/mol. The molecule has 1 saturated heterocycles. The first-order chi connectivity index (χ1) is 10.6. The molecule has 0 amide bonds. The van der Waals surface area contributed by atoms with Gasteiger partial charge in [-0.3, -0.25) is 0 Å². The van der Waals surface area contributed by atoms with Crippen LogP contribution in [-0.2, 0) is 9.47 Å². The van der Waals surface area contributed by atoms with Gasteiger partial charge in [0.15, 0.2) is 6.29 Å². The molecule has 126 valence electrons. The van der Waals surface area contributed by atoms with Gasteiger partial charge in [-0.05, 0) is 72.6 Å². The smallest absolute Gasteiger partial charge is 0.157 e. The summed E-state index contributed by atoms with van der Waals surface area (Å²) in [7, 11) is 0. The first-order valence-electron chi connectivity index (χ1n) is 8.75. The van der Waals surface area contributed by atoms with Crippen molar-refractivity contribution < 1.29 is 9.47 Å². The molecule has 0 saturated carbocycles. The molecule has 1 rings (SSSR count). The van der Waals surface area contributed by atoms with E-state index in [0.29, 0.717) is 6.61 Å². The second kappa shape index (κ2) is 11.7. The highest BCUT2D eigenvalue weighted by Crippen LogP contribution is 2.14. The van der Waals surface area contributed by atoms with Crippen molar-refractivity contribution in [3.63, 3.8) is 0 Å². The molecule has 22 heavy (non-hydrogen) atoms. The van der Waals surface area contributed by atoms with Crippen LogP contribution in [0.2, 0.25) is 0 Å². The molecule has 1 unspecified atom stereocenters. The van der Waals surface area contributed by atoms with Crippen LogP contribution in [0.1, 0.15) is 72.6 Å². The maximum absolute atomic E-state index is 5.74. The maximum Gasteiger partial charge on any atom is 0.157 e. The maximum atomic E-state index is 5.74. The molecule has 1 fully saturated rings. The van der Waals surface area contributed by atoms with Gasteiger partial charge in [0.25, 0.3) is 0 Å². The molecule has 1 heterocycles. The summed E-state index contributed by atoms with van der Waals surface area (Å²) in [4.78, 5) is 0. The average molecular weight is 306 g/mol. The molecule has 0 aromatic rings. The second-order valence-electron chi connectivity index (χ2n) is 6.59. The average Bonchev–Trinajstić information content (AvgIpc) is 2.48. The fourth-order valence-electron chi connectivity index (χ4n) is 2.48. The van der Waals surface area contributed by atoms with Crippen LogP contribution in [0.4, 0.5) is 0 Å². The van der Waals surface area contributed by atoms with Crippen molar-refractivity contribution in [1.82, 2.24) is 0 Å². The molecule has 0 spiro atoms. The zero-order chi connectivity index (χ0) is 16.2. The monoisotopic (exact) mass is 306 g/mol. The normalized spacial score (nSPS) is 20.1. The number of rotatable bonds is 9. The Kier molecular flexibility index (Phi) is 10.2. The van der Waals surface area contributed by atoms with Crippen molar-refractivity contribution in [3.05, 3.63) is 34.9 Å². The molecule has 0 bridgehead atoms. The third kappa shape index (κ3) is 9.97.